The van der Waals surface area contributed by atoms with E-state index in [2.05, 4.69) is 41.2 Å². The average Bonchev–Trinajstić information content (AvgIpc) is 2.29. The number of rotatable bonds is 5. The molecule has 92 valence electrons. The van der Waals surface area contributed by atoms with Crippen molar-refractivity contribution in [2.24, 2.45) is 0 Å². The SMILES string of the molecule is CCC(C)(CCO)Nc1ccc(C#N)c(Br)c1. The number of anilines is 1. The molecule has 0 aliphatic heterocycles. The molecule has 1 unspecified atom stereocenters. The summed E-state index contributed by atoms with van der Waals surface area (Å²) in [6.07, 6.45) is 1.62. The number of nitrogens with zero attached hydrogens (tertiary/aromatic N) is 1. The number of nitrogens with one attached hydrogen (secondary N) is 1. The molecule has 0 spiro atoms. The standard InChI is InChI=1S/C13H17BrN2O/c1-3-13(2,6-7-17)16-11-5-4-10(9-15)12(14)8-11/h4-5,8,16-17H,3,6-7H2,1-2H3. The Morgan fingerprint density at radius 3 is 2.71 bits per heavy atom. The minimum Gasteiger partial charge on any atom is -0.396 e. The number of aliphatic hydroxyl groups excluding tert-OH is 1. The molecule has 0 bridgehead atoms. The van der Waals surface area contributed by atoms with E-state index < -0.39 is 0 Å². The molecule has 3 nitrogen and oxygen atoms in total. The highest BCUT2D eigenvalue weighted by atomic mass is 79.9. The smallest absolute Gasteiger partial charge is 0.100 e. The molecule has 17 heavy (non-hydrogen) atoms. The molecule has 0 saturated carbocycles. The first kappa shape index (κ1) is 14.0. The van der Waals surface area contributed by atoms with E-state index in [4.69, 9.17) is 10.4 Å². The van der Waals surface area contributed by atoms with Gasteiger partial charge in [0.25, 0.3) is 0 Å². The van der Waals surface area contributed by atoms with Gasteiger partial charge in [-0.05, 0) is 53.9 Å². The molecule has 1 atom stereocenters. The summed E-state index contributed by atoms with van der Waals surface area (Å²) < 4.78 is 0.785. The largest absolute Gasteiger partial charge is 0.396 e. The van der Waals surface area contributed by atoms with Crippen molar-refractivity contribution in [3.63, 3.8) is 0 Å². The Morgan fingerprint density at radius 2 is 2.24 bits per heavy atom. The first-order chi connectivity index (χ1) is 8.04. The van der Waals surface area contributed by atoms with Crippen molar-refractivity contribution in [2.45, 2.75) is 32.2 Å². The van der Waals surface area contributed by atoms with Crippen LogP contribution in [-0.4, -0.2) is 17.3 Å². The zero-order chi connectivity index (χ0) is 12.9. The predicted octanol–water partition coefficient (Wildman–Crippen LogP) is 3.28. The number of aliphatic hydroxyl groups is 1. The summed E-state index contributed by atoms with van der Waals surface area (Å²) in [4.78, 5) is 0. The zero-order valence-electron chi connectivity index (χ0n) is 10.1. The Kier molecular flexibility index (Phi) is 4.98. The van der Waals surface area contributed by atoms with Crippen LogP contribution in [0.4, 0.5) is 5.69 Å². The Morgan fingerprint density at radius 1 is 1.53 bits per heavy atom. The van der Waals surface area contributed by atoms with Crippen molar-refractivity contribution < 1.29 is 5.11 Å². The zero-order valence-corrected chi connectivity index (χ0v) is 11.7. The lowest BCUT2D eigenvalue weighted by Gasteiger charge is -2.30. The summed E-state index contributed by atoms with van der Waals surface area (Å²) in [5.74, 6) is 0. The molecular formula is C13H17BrN2O. The lowest BCUT2D eigenvalue weighted by atomic mass is 9.94. The van der Waals surface area contributed by atoms with Gasteiger partial charge in [0.05, 0.1) is 5.56 Å². The topological polar surface area (TPSA) is 56.0 Å². The van der Waals surface area contributed by atoms with Gasteiger partial charge in [-0.25, -0.2) is 0 Å². The Labute approximate surface area is 111 Å². The normalized spacial score (nSPS) is 13.8. The van der Waals surface area contributed by atoms with E-state index in [1.807, 2.05) is 12.1 Å². The fourth-order valence-corrected chi connectivity index (χ4v) is 2.07. The number of halogens is 1. The summed E-state index contributed by atoms with van der Waals surface area (Å²) >= 11 is 3.36. The van der Waals surface area contributed by atoms with Crippen LogP contribution in [0.2, 0.25) is 0 Å². The number of benzene rings is 1. The molecule has 0 aliphatic carbocycles. The maximum atomic E-state index is 9.06. The maximum Gasteiger partial charge on any atom is 0.100 e. The second kappa shape index (κ2) is 6.04. The van der Waals surface area contributed by atoms with E-state index in [-0.39, 0.29) is 12.1 Å². The van der Waals surface area contributed by atoms with Crippen LogP contribution in [0.1, 0.15) is 32.3 Å². The first-order valence-electron chi connectivity index (χ1n) is 5.63. The molecule has 0 fully saturated rings. The maximum absolute atomic E-state index is 9.06. The van der Waals surface area contributed by atoms with Crippen molar-refractivity contribution in [3.05, 3.63) is 28.2 Å². The summed E-state index contributed by atoms with van der Waals surface area (Å²) in [6, 6.07) is 7.67. The molecule has 1 rings (SSSR count). The van der Waals surface area contributed by atoms with E-state index in [1.165, 1.54) is 0 Å². The molecule has 2 N–H and O–H groups in total. The van der Waals surface area contributed by atoms with Crippen LogP contribution >= 0.6 is 15.9 Å². The van der Waals surface area contributed by atoms with E-state index in [0.29, 0.717) is 12.0 Å². The quantitative estimate of drug-likeness (QED) is 0.877. The minimum absolute atomic E-state index is 0.123. The lowest BCUT2D eigenvalue weighted by Crippen LogP contribution is -2.34. The molecule has 1 aromatic carbocycles. The Balaban J connectivity index is 2.88. The van der Waals surface area contributed by atoms with Gasteiger partial charge in [-0.15, -0.1) is 0 Å². The molecule has 4 heteroatoms. The average molecular weight is 297 g/mol. The lowest BCUT2D eigenvalue weighted by molar-refractivity contribution is 0.252. The molecule has 0 saturated heterocycles. The van der Waals surface area contributed by atoms with E-state index >= 15 is 0 Å². The third-order valence-corrected chi connectivity index (χ3v) is 3.64. The van der Waals surface area contributed by atoms with Crippen LogP contribution in [-0.2, 0) is 0 Å². The predicted molar refractivity (Wildman–Crippen MR) is 72.9 cm³/mol. The summed E-state index contributed by atoms with van der Waals surface area (Å²) in [5.41, 5.74) is 1.45. The van der Waals surface area contributed by atoms with Crippen LogP contribution in [0, 0.1) is 11.3 Å². The van der Waals surface area contributed by atoms with Crippen molar-refractivity contribution >= 4 is 21.6 Å². The molecule has 1 aromatic rings. The second-order valence-electron chi connectivity index (χ2n) is 4.32. The van der Waals surface area contributed by atoms with Crippen molar-refractivity contribution in [3.8, 4) is 6.07 Å². The second-order valence-corrected chi connectivity index (χ2v) is 5.17. The van der Waals surface area contributed by atoms with Crippen molar-refractivity contribution in [2.75, 3.05) is 11.9 Å². The molecule has 0 radical (unpaired) electrons. The summed E-state index contributed by atoms with van der Waals surface area (Å²) in [6.45, 7) is 4.32. The highest BCUT2D eigenvalue weighted by Gasteiger charge is 2.21. The Hall–Kier alpha value is -1.05. The first-order valence-corrected chi connectivity index (χ1v) is 6.42. The van der Waals surface area contributed by atoms with Gasteiger partial charge in [-0.3, -0.25) is 0 Å². The highest BCUT2D eigenvalue weighted by molar-refractivity contribution is 9.10. The molecule has 0 aromatic heterocycles. The van der Waals surface area contributed by atoms with Gasteiger partial charge >= 0.3 is 0 Å². The van der Waals surface area contributed by atoms with Gasteiger partial charge in [0.1, 0.15) is 6.07 Å². The van der Waals surface area contributed by atoms with Gasteiger partial charge in [-0.2, -0.15) is 5.26 Å². The molecule has 0 aliphatic rings. The van der Waals surface area contributed by atoms with Crippen LogP contribution in [0.25, 0.3) is 0 Å². The van der Waals surface area contributed by atoms with Crippen LogP contribution < -0.4 is 5.32 Å². The number of hydrogen-bond donors (Lipinski definition) is 2. The van der Waals surface area contributed by atoms with Gasteiger partial charge in [0, 0.05) is 22.3 Å². The van der Waals surface area contributed by atoms with Crippen molar-refractivity contribution in [1.29, 1.82) is 5.26 Å². The van der Waals surface area contributed by atoms with Gasteiger partial charge in [0.2, 0.25) is 0 Å². The summed E-state index contributed by atoms with van der Waals surface area (Å²) in [5, 5.41) is 21.3. The highest BCUT2D eigenvalue weighted by Crippen LogP contribution is 2.26. The molecule has 0 heterocycles. The van der Waals surface area contributed by atoms with Crippen molar-refractivity contribution in [1.82, 2.24) is 0 Å². The van der Waals surface area contributed by atoms with Crippen LogP contribution in [0.5, 0.6) is 0 Å². The minimum atomic E-state index is -0.123. The van der Waals surface area contributed by atoms with Gasteiger partial charge < -0.3 is 10.4 Å². The number of hydrogen-bond acceptors (Lipinski definition) is 3. The Bertz CT molecular complexity index is 428. The fourth-order valence-electron chi connectivity index (χ4n) is 1.61. The number of nitriles is 1. The fraction of sp³-hybridized carbons (Fsp3) is 0.462. The summed E-state index contributed by atoms with van der Waals surface area (Å²) in [7, 11) is 0. The van der Waals surface area contributed by atoms with Gasteiger partial charge in [0.15, 0.2) is 0 Å². The van der Waals surface area contributed by atoms with E-state index in [9.17, 15) is 0 Å². The third-order valence-electron chi connectivity index (χ3n) is 2.98. The van der Waals surface area contributed by atoms with Crippen LogP contribution in [0.15, 0.2) is 22.7 Å². The van der Waals surface area contributed by atoms with E-state index in [1.54, 1.807) is 6.07 Å². The monoisotopic (exact) mass is 296 g/mol. The molecular weight excluding hydrogens is 280 g/mol. The molecule has 0 amide bonds. The van der Waals surface area contributed by atoms with Crippen LogP contribution in [0.3, 0.4) is 0 Å². The van der Waals surface area contributed by atoms with Gasteiger partial charge in [-0.1, -0.05) is 6.92 Å². The van der Waals surface area contributed by atoms with E-state index in [0.717, 1.165) is 16.6 Å². The third kappa shape index (κ3) is 3.72.